The van der Waals surface area contributed by atoms with Crippen molar-refractivity contribution in [3.8, 4) is 11.3 Å². The molecule has 0 bridgehead atoms. The zero-order chi connectivity index (χ0) is 19.1. The third-order valence-electron chi connectivity index (χ3n) is 3.61. The molecule has 8 heteroatoms. The number of aromatic nitrogens is 1. The van der Waals surface area contributed by atoms with Crippen LogP contribution < -0.4 is 16.2 Å². The van der Waals surface area contributed by atoms with E-state index in [2.05, 4.69) is 21.2 Å². The molecule has 0 spiro atoms. The van der Waals surface area contributed by atoms with Crippen molar-refractivity contribution in [3.05, 3.63) is 76.4 Å². The minimum Gasteiger partial charge on any atom is -0.330 e. The van der Waals surface area contributed by atoms with Gasteiger partial charge < -0.3 is 5.32 Å². The molecule has 1 heterocycles. The first-order valence-electron chi connectivity index (χ1n) is 8.17. The van der Waals surface area contributed by atoms with Crippen LogP contribution >= 0.6 is 11.3 Å². The number of nitrogens with one attached hydrogen (secondary N) is 3. The van der Waals surface area contributed by atoms with E-state index in [0.29, 0.717) is 5.56 Å². The van der Waals surface area contributed by atoms with Crippen LogP contribution in [0.15, 0.2) is 60.0 Å². The molecule has 1 aromatic heterocycles. The highest BCUT2D eigenvalue weighted by Gasteiger charge is 2.08. The molecule has 138 valence electrons. The van der Waals surface area contributed by atoms with E-state index in [1.807, 2.05) is 35.7 Å². The number of nitrogens with zero attached hydrogens (tertiary/aromatic N) is 1. The number of thiazole rings is 1. The van der Waals surface area contributed by atoms with Crippen LogP contribution in [0.4, 0.5) is 9.18 Å². The normalized spacial score (nSPS) is 10.3. The maximum Gasteiger partial charge on any atom is 0.333 e. The molecule has 3 rings (SSSR count). The third kappa shape index (κ3) is 5.61. The molecule has 0 unspecified atom stereocenters. The highest BCUT2D eigenvalue weighted by Crippen LogP contribution is 2.21. The molecular formula is C19H17FN4O2S. The van der Waals surface area contributed by atoms with Gasteiger partial charge in [0.1, 0.15) is 10.8 Å². The number of halogens is 1. The lowest BCUT2D eigenvalue weighted by Crippen LogP contribution is -2.47. The fourth-order valence-corrected chi connectivity index (χ4v) is 3.04. The van der Waals surface area contributed by atoms with E-state index >= 15 is 0 Å². The Hall–Kier alpha value is -3.26. The van der Waals surface area contributed by atoms with Crippen molar-refractivity contribution in [1.29, 1.82) is 0 Å². The van der Waals surface area contributed by atoms with Gasteiger partial charge in [0.05, 0.1) is 18.7 Å². The Morgan fingerprint density at radius 1 is 1.00 bits per heavy atom. The molecule has 0 atom stereocenters. The lowest BCUT2D eigenvalue weighted by atomic mass is 10.1. The lowest BCUT2D eigenvalue weighted by Gasteiger charge is -2.08. The molecule has 27 heavy (non-hydrogen) atoms. The summed E-state index contributed by atoms with van der Waals surface area (Å²) in [5.74, 6) is -0.772. The van der Waals surface area contributed by atoms with Crippen molar-refractivity contribution >= 4 is 23.3 Å². The fraction of sp³-hybridized carbons (Fsp3) is 0.105. The summed E-state index contributed by atoms with van der Waals surface area (Å²) in [6.45, 7) is 0.247. The van der Waals surface area contributed by atoms with Gasteiger partial charge in [-0.25, -0.2) is 19.6 Å². The standard InChI is InChI=1S/C19H17FN4O2S/c20-15-8-6-13(7-9-15)10-17(25)23-24-19(26)21-11-18-22-16(12-27-18)14-4-2-1-3-5-14/h1-9,12H,10-11H2,(H,23,25)(H2,21,24,26). The summed E-state index contributed by atoms with van der Waals surface area (Å²) in [7, 11) is 0. The minimum absolute atomic E-state index is 0.0352. The number of benzene rings is 2. The van der Waals surface area contributed by atoms with Crippen LogP contribution in [0.1, 0.15) is 10.6 Å². The summed E-state index contributed by atoms with van der Waals surface area (Å²) in [4.78, 5) is 28.0. The Kier molecular flexibility index (Phi) is 6.11. The third-order valence-corrected chi connectivity index (χ3v) is 4.46. The fourth-order valence-electron chi connectivity index (χ4n) is 2.29. The number of carbonyl (C=O) groups is 2. The van der Waals surface area contributed by atoms with Crippen molar-refractivity contribution in [2.45, 2.75) is 13.0 Å². The Labute approximate surface area is 159 Å². The molecule has 0 saturated heterocycles. The zero-order valence-corrected chi connectivity index (χ0v) is 15.1. The van der Waals surface area contributed by atoms with Crippen molar-refractivity contribution in [3.63, 3.8) is 0 Å². The molecule has 3 aromatic rings. The van der Waals surface area contributed by atoms with Crippen LogP contribution in [0.2, 0.25) is 0 Å². The Balaban J connectivity index is 1.41. The molecule has 0 radical (unpaired) electrons. The van der Waals surface area contributed by atoms with Crippen molar-refractivity contribution < 1.29 is 14.0 Å². The molecule has 6 nitrogen and oxygen atoms in total. The highest BCUT2D eigenvalue weighted by atomic mass is 32.1. The number of amides is 3. The quantitative estimate of drug-likeness (QED) is 0.592. The highest BCUT2D eigenvalue weighted by molar-refractivity contribution is 7.09. The topological polar surface area (TPSA) is 83.1 Å². The summed E-state index contributed by atoms with van der Waals surface area (Å²) >= 11 is 1.44. The summed E-state index contributed by atoms with van der Waals surface area (Å²) in [5, 5.41) is 5.30. The van der Waals surface area contributed by atoms with Gasteiger partial charge in [-0.2, -0.15) is 0 Å². The first kappa shape index (κ1) is 18.5. The van der Waals surface area contributed by atoms with Gasteiger partial charge in [-0.3, -0.25) is 10.2 Å². The zero-order valence-electron chi connectivity index (χ0n) is 14.2. The van der Waals surface area contributed by atoms with Gasteiger partial charge in [0.15, 0.2) is 0 Å². The molecule has 3 N–H and O–H groups in total. The van der Waals surface area contributed by atoms with Gasteiger partial charge in [-0.1, -0.05) is 42.5 Å². The molecule has 2 aromatic carbocycles. The summed E-state index contributed by atoms with van der Waals surface area (Å²) in [6.07, 6.45) is 0.0352. The molecule has 0 aliphatic carbocycles. The van der Waals surface area contributed by atoms with Crippen molar-refractivity contribution in [2.24, 2.45) is 0 Å². The maximum absolute atomic E-state index is 12.8. The van der Waals surface area contributed by atoms with Crippen LogP contribution in [0.25, 0.3) is 11.3 Å². The smallest absolute Gasteiger partial charge is 0.330 e. The minimum atomic E-state index is -0.543. The molecule has 0 saturated carbocycles. The van der Waals surface area contributed by atoms with Gasteiger partial charge in [-0.05, 0) is 17.7 Å². The number of urea groups is 1. The second-order valence-electron chi connectivity index (χ2n) is 5.65. The molecule has 0 aliphatic rings. The van der Waals surface area contributed by atoms with Gasteiger partial charge in [-0.15, -0.1) is 11.3 Å². The first-order valence-corrected chi connectivity index (χ1v) is 9.05. The van der Waals surface area contributed by atoms with E-state index in [1.165, 1.54) is 35.6 Å². The van der Waals surface area contributed by atoms with Crippen LogP contribution in [0, 0.1) is 5.82 Å². The number of hydrazine groups is 1. The average molecular weight is 384 g/mol. The molecular weight excluding hydrogens is 367 g/mol. The summed E-state index contributed by atoms with van der Waals surface area (Å²) in [5.41, 5.74) is 7.09. The second kappa shape index (κ2) is 8.91. The SMILES string of the molecule is O=C(Cc1ccc(F)cc1)NNC(=O)NCc1nc(-c2ccccc2)cs1. The number of hydrogen-bond donors (Lipinski definition) is 3. The Morgan fingerprint density at radius 2 is 1.74 bits per heavy atom. The van der Waals surface area contributed by atoms with Crippen LogP contribution in [-0.2, 0) is 17.8 Å². The monoisotopic (exact) mass is 384 g/mol. The molecule has 0 aliphatic heterocycles. The second-order valence-corrected chi connectivity index (χ2v) is 6.59. The van der Waals surface area contributed by atoms with Crippen molar-refractivity contribution in [1.82, 2.24) is 21.2 Å². The van der Waals surface area contributed by atoms with E-state index in [9.17, 15) is 14.0 Å². The lowest BCUT2D eigenvalue weighted by molar-refractivity contribution is -0.121. The predicted molar refractivity (Wildman–Crippen MR) is 101 cm³/mol. The number of hydrogen-bond acceptors (Lipinski definition) is 4. The Bertz CT molecular complexity index is 913. The largest absolute Gasteiger partial charge is 0.333 e. The van der Waals surface area contributed by atoms with Crippen LogP contribution in [0.5, 0.6) is 0 Å². The summed E-state index contributed by atoms with van der Waals surface area (Å²) < 4.78 is 12.8. The first-order chi connectivity index (χ1) is 13.1. The average Bonchev–Trinajstić information content (AvgIpc) is 3.16. The van der Waals surface area contributed by atoms with Crippen LogP contribution in [-0.4, -0.2) is 16.9 Å². The number of carbonyl (C=O) groups excluding carboxylic acids is 2. The van der Waals surface area contributed by atoms with Crippen LogP contribution in [0.3, 0.4) is 0 Å². The van der Waals surface area contributed by atoms with E-state index in [1.54, 1.807) is 0 Å². The summed E-state index contributed by atoms with van der Waals surface area (Å²) in [6, 6.07) is 14.8. The van der Waals surface area contributed by atoms with E-state index in [4.69, 9.17) is 0 Å². The molecule has 0 fully saturated rings. The maximum atomic E-state index is 12.8. The van der Waals surface area contributed by atoms with E-state index in [0.717, 1.165) is 16.3 Å². The predicted octanol–water partition coefficient (Wildman–Crippen LogP) is 3.02. The van der Waals surface area contributed by atoms with Gasteiger partial charge >= 0.3 is 6.03 Å². The van der Waals surface area contributed by atoms with Gasteiger partial charge in [0.25, 0.3) is 0 Å². The number of rotatable bonds is 5. The van der Waals surface area contributed by atoms with Crippen molar-refractivity contribution in [2.75, 3.05) is 0 Å². The van der Waals surface area contributed by atoms with Gasteiger partial charge in [0.2, 0.25) is 5.91 Å². The van der Waals surface area contributed by atoms with E-state index < -0.39 is 11.9 Å². The Morgan fingerprint density at radius 3 is 2.48 bits per heavy atom. The van der Waals surface area contributed by atoms with Gasteiger partial charge in [0, 0.05) is 10.9 Å². The molecule has 3 amide bonds. The van der Waals surface area contributed by atoms with E-state index in [-0.39, 0.29) is 18.8 Å².